The van der Waals surface area contributed by atoms with E-state index in [1.807, 2.05) is 5.32 Å². The van der Waals surface area contributed by atoms with Gasteiger partial charge >= 0.3 is 12.3 Å². The highest BCUT2D eigenvalue weighted by Crippen LogP contribution is 2.12. The van der Waals surface area contributed by atoms with Gasteiger partial charge in [-0.3, -0.25) is 4.79 Å². The second-order valence-electron chi connectivity index (χ2n) is 4.75. The Morgan fingerprint density at radius 2 is 1.90 bits per heavy atom. The Bertz CT molecular complexity index is 355. The van der Waals surface area contributed by atoms with Crippen molar-refractivity contribution in [3.8, 4) is 0 Å². The summed E-state index contributed by atoms with van der Waals surface area (Å²) in [5.74, 6) is -0.478. The van der Waals surface area contributed by atoms with E-state index in [-0.39, 0.29) is 18.7 Å². The molecule has 1 saturated heterocycles. The van der Waals surface area contributed by atoms with Crippen molar-refractivity contribution in [1.29, 1.82) is 0 Å². The minimum Gasteiger partial charge on any atom is -0.450 e. The Kier molecular flexibility index (Phi) is 6.73. The molecule has 0 aromatic rings. The largest absolute Gasteiger partial charge is 0.450 e. The fourth-order valence-electron chi connectivity index (χ4n) is 2.02. The summed E-state index contributed by atoms with van der Waals surface area (Å²) < 4.78 is 40.6. The Morgan fingerprint density at radius 1 is 1.29 bits per heavy atom. The first kappa shape index (κ1) is 17.5. The van der Waals surface area contributed by atoms with Crippen LogP contribution >= 0.6 is 0 Å². The number of nitrogens with zero attached hydrogens (tertiary/aromatic N) is 1. The molecule has 1 rings (SSSR count). The van der Waals surface area contributed by atoms with Crippen molar-refractivity contribution in [3.63, 3.8) is 0 Å². The summed E-state index contributed by atoms with van der Waals surface area (Å²) in [6.07, 6.45) is -3.59. The molecule has 0 radical (unpaired) electrons. The number of nitrogens with one attached hydrogen (secondary N) is 2. The van der Waals surface area contributed by atoms with Gasteiger partial charge in [0.1, 0.15) is 0 Å². The smallest absolute Gasteiger partial charge is 0.409 e. The molecule has 6 nitrogen and oxygen atoms in total. The fourth-order valence-corrected chi connectivity index (χ4v) is 2.02. The molecule has 2 N–H and O–H groups in total. The lowest BCUT2D eigenvalue weighted by molar-refractivity contribution is -0.128. The first-order chi connectivity index (χ1) is 9.81. The zero-order valence-corrected chi connectivity index (χ0v) is 11.8. The van der Waals surface area contributed by atoms with Gasteiger partial charge < -0.3 is 20.3 Å². The van der Waals surface area contributed by atoms with E-state index in [0.29, 0.717) is 32.5 Å². The summed E-state index contributed by atoms with van der Waals surface area (Å²) in [6, 6.07) is -0.129. The van der Waals surface area contributed by atoms with Gasteiger partial charge in [0.2, 0.25) is 5.91 Å². The standard InChI is InChI=1S/C12H20F3N3O3/c1-2-21-11(20)18-5-3-9(4-6-18)17-10(19)7-16-8-12(13,14)15/h9,16H,2-8H2,1H3,(H,17,19). The molecular weight excluding hydrogens is 291 g/mol. The van der Waals surface area contributed by atoms with Crippen molar-refractivity contribution in [2.24, 2.45) is 0 Å². The summed E-state index contributed by atoms with van der Waals surface area (Å²) in [7, 11) is 0. The monoisotopic (exact) mass is 311 g/mol. The van der Waals surface area contributed by atoms with E-state index < -0.39 is 18.6 Å². The van der Waals surface area contributed by atoms with Crippen LogP contribution in [0.3, 0.4) is 0 Å². The molecule has 0 aromatic carbocycles. The van der Waals surface area contributed by atoms with Crippen molar-refractivity contribution in [3.05, 3.63) is 0 Å². The van der Waals surface area contributed by atoms with Crippen LogP contribution in [0, 0.1) is 0 Å². The van der Waals surface area contributed by atoms with Crippen LogP contribution in [0.2, 0.25) is 0 Å². The van der Waals surface area contributed by atoms with Gasteiger partial charge in [-0.25, -0.2) is 4.79 Å². The van der Waals surface area contributed by atoms with E-state index >= 15 is 0 Å². The maximum absolute atomic E-state index is 11.9. The van der Waals surface area contributed by atoms with Gasteiger partial charge in [-0.15, -0.1) is 0 Å². The second kappa shape index (κ2) is 8.06. The summed E-state index contributed by atoms with van der Waals surface area (Å²) in [6.45, 7) is 1.37. The molecule has 0 unspecified atom stereocenters. The number of hydrogen-bond donors (Lipinski definition) is 2. The normalized spacial score (nSPS) is 16.7. The van der Waals surface area contributed by atoms with E-state index in [4.69, 9.17) is 4.74 Å². The summed E-state index contributed by atoms with van der Waals surface area (Å²) in [4.78, 5) is 24.5. The van der Waals surface area contributed by atoms with Gasteiger partial charge in [-0.1, -0.05) is 0 Å². The van der Waals surface area contributed by atoms with E-state index in [2.05, 4.69) is 5.32 Å². The maximum atomic E-state index is 11.9. The molecule has 0 bridgehead atoms. The average Bonchev–Trinajstić information content (AvgIpc) is 2.38. The first-order valence-electron chi connectivity index (χ1n) is 6.80. The van der Waals surface area contributed by atoms with Crippen LogP contribution in [0.4, 0.5) is 18.0 Å². The number of rotatable bonds is 5. The number of halogens is 3. The maximum Gasteiger partial charge on any atom is 0.409 e. The zero-order valence-electron chi connectivity index (χ0n) is 11.8. The second-order valence-corrected chi connectivity index (χ2v) is 4.75. The lowest BCUT2D eigenvalue weighted by Crippen LogP contribution is -2.48. The van der Waals surface area contributed by atoms with Gasteiger partial charge in [0.25, 0.3) is 0 Å². The molecule has 21 heavy (non-hydrogen) atoms. The summed E-state index contributed by atoms with van der Waals surface area (Å²) in [5.41, 5.74) is 0. The fraction of sp³-hybridized carbons (Fsp3) is 0.833. The molecule has 0 aliphatic carbocycles. The van der Waals surface area contributed by atoms with Crippen molar-refractivity contribution in [2.45, 2.75) is 32.0 Å². The Labute approximate surface area is 121 Å². The molecule has 122 valence electrons. The molecule has 1 fully saturated rings. The molecule has 9 heteroatoms. The number of amides is 2. The third kappa shape index (κ3) is 7.16. The van der Waals surface area contributed by atoms with Gasteiger partial charge in [-0.2, -0.15) is 13.2 Å². The van der Waals surface area contributed by atoms with Crippen LogP contribution in [0.1, 0.15) is 19.8 Å². The van der Waals surface area contributed by atoms with Gasteiger partial charge in [0.15, 0.2) is 0 Å². The van der Waals surface area contributed by atoms with Crippen LogP contribution in [-0.4, -0.2) is 61.9 Å². The molecule has 0 aromatic heterocycles. The number of hydrogen-bond acceptors (Lipinski definition) is 4. The van der Waals surface area contributed by atoms with E-state index in [9.17, 15) is 22.8 Å². The number of ether oxygens (including phenoxy) is 1. The summed E-state index contributed by atoms with van der Waals surface area (Å²) >= 11 is 0. The number of carbonyl (C=O) groups is 2. The number of alkyl halides is 3. The van der Waals surface area contributed by atoms with Crippen molar-refractivity contribution in [2.75, 3.05) is 32.8 Å². The molecule has 0 atom stereocenters. The Morgan fingerprint density at radius 3 is 2.43 bits per heavy atom. The molecule has 2 amide bonds. The predicted molar refractivity (Wildman–Crippen MR) is 68.7 cm³/mol. The first-order valence-corrected chi connectivity index (χ1v) is 6.80. The molecule has 0 spiro atoms. The number of piperidine rings is 1. The zero-order chi connectivity index (χ0) is 15.9. The minimum absolute atomic E-state index is 0.129. The van der Waals surface area contributed by atoms with Crippen molar-refractivity contribution < 1.29 is 27.5 Å². The predicted octanol–water partition coefficient (Wildman–Crippen LogP) is 0.875. The lowest BCUT2D eigenvalue weighted by Gasteiger charge is -2.31. The van der Waals surface area contributed by atoms with Gasteiger partial charge in [0.05, 0.1) is 19.7 Å². The molecule has 0 saturated carbocycles. The highest BCUT2D eigenvalue weighted by molar-refractivity contribution is 5.78. The van der Waals surface area contributed by atoms with Crippen molar-refractivity contribution >= 4 is 12.0 Å². The van der Waals surface area contributed by atoms with Crippen LogP contribution < -0.4 is 10.6 Å². The summed E-state index contributed by atoms with van der Waals surface area (Å²) in [5, 5.41) is 4.69. The van der Waals surface area contributed by atoms with Gasteiger partial charge in [-0.05, 0) is 19.8 Å². The van der Waals surface area contributed by atoms with E-state index in [1.54, 1.807) is 11.8 Å². The molecular formula is C12H20F3N3O3. The Balaban J connectivity index is 2.20. The topological polar surface area (TPSA) is 70.7 Å². The highest BCUT2D eigenvalue weighted by Gasteiger charge is 2.27. The molecule has 1 aliphatic rings. The van der Waals surface area contributed by atoms with E-state index in [0.717, 1.165) is 0 Å². The number of likely N-dealkylation sites (tertiary alicyclic amines) is 1. The number of carbonyl (C=O) groups excluding carboxylic acids is 2. The van der Waals surface area contributed by atoms with Crippen LogP contribution in [0.25, 0.3) is 0 Å². The molecule has 1 aliphatic heterocycles. The SMILES string of the molecule is CCOC(=O)N1CCC(NC(=O)CNCC(F)(F)F)CC1. The third-order valence-corrected chi connectivity index (χ3v) is 3.00. The Hall–Kier alpha value is -1.51. The average molecular weight is 311 g/mol. The lowest BCUT2D eigenvalue weighted by atomic mass is 10.1. The van der Waals surface area contributed by atoms with Crippen LogP contribution in [0.15, 0.2) is 0 Å². The highest BCUT2D eigenvalue weighted by atomic mass is 19.4. The van der Waals surface area contributed by atoms with Crippen LogP contribution in [-0.2, 0) is 9.53 Å². The third-order valence-electron chi connectivity index (χ3n) is 3.00. The van der Waals surface area contributed by atoms with E-state index in [1.165, 1.54) is 0 Å². The van der Waals surface area contributed by atoms with Crippen LogP contribution in [0.5, 0.6) is 0 Å². The molecule has 1 heterocycles. The minimum atomic E-state index is -4.33. The quantitative estimate of drug-likeness (QED) is 0.790. The van der Waals surface area contributed by atoms with Gasteiger partial charge in [0, 0.05) is 19.1 Å². The van der Waals surface area contributed by atoms with Crippen molar-refractivity contribution in [1.82, 2.24) is 15.5 Å².